The van der Waals surface area contributed by atoms with Crippen LogP contribution in [-0.2, 0) is 26.5 Å². The fraction of sp³-hybridized carbons (Fsp3) is 0.400. The third kappa shape index (κ3) is 6.14. The zero-order chi connectivity index (χ0) is 24.9. The third-order valence-electron chi connectivity index (χ3n) is 5.42. The van der Waals surface area contributed by atoms with Crippen molar-refractivity contribution in [2.45, 2.75) is 57.4 Å². The van der Waals surface area contributed by atoms with E-state index >= 15 is 0 Å². The van der Waals surface area contributed by atoms with E-state index in [1.165, 1.54) is 6.07 Å². The average molecular weight is 488 g/mol. The Balaban J connectivity index is 1.97. The number of hydrogen-bond donors (Lipinski definition) is 4. The summed E-state index contributed by atoms with van der Waals surface area (Å²) in [6.07, 6.45) is 0.776. The fourth-order valence-corrected chi connectivity index (χ4v) is 3.98. The number of nitrogens with one attached hydrogen (secondary N) is 3. The number of amides is 3. The van der Waals surface area contributed by atoms with Gasteiger partial charge in [-0.25, -0.2) is 4.79 Å². The Morgan fingerprint density at radius 1 is 1.15 bits per heavy atom. The lowest BCUT2D eigenvalue weighted by atomic mass is 9.82. The SMILES string of the molecule is CC(C)(C)OC(=O)NCc1ccc(Cl)cc1C(O)(C(=O)NC(=O)[C@@H]1CCCN1)c1ccccc1. The van der Waals surface area contributed by atoms with Crippen molar-refractivity contribution in [3.8, 4) is 0 Å². The molecule has 0 spiro atoms. The minimum Gasteiger partial charge on any atom is -0.444 e. The Bertz CT molecular complexity index is 1050. The molecule has 1 saturated heterocycles. The predicted octanol–water partition coefficient (Wildman–Crippen LogP) is 3.00. The molecule has 1 unspecified atom stereocenters. The molecule has 0 aromatic heterocycles. The molecular weight excluding hydrogens is 458 g/mol. The van der Waals surface area contributed by atoms with Gasteiger partial charge in [-0.3, -0.25) is 14.9 Å². The molecule has 3 amide bonds. The van der Waals surface area contributed by atoms with Crippen LogP contribution in [-0.4, -0.2) is 41.2 Å². The molecule has 0 saturated carbocycles. The second-order valence-corrected chi connectivity index (χ2v) is 9.64. The lowest BCUT2D eigenvalue weighted by molar-refractivity contribution is -0.142. The molecule has 9 heteroatoms. The summed E-state index contributed by atoms with van der Waals surface area (Å²) in [5.41, 5.74) is -2.10. The summed E-state index contributed by atoms with van der Waals surface area (Å²) in [7, 11) is 0. The van der Waals surface area contributed by atoms with Crippen molar-refractivity contribution in [3.63, 3.8) is 0 Å². The Morgan fingerprint density at radius 2 is 1.85 bits per heavy atom. The summed E-state index contributed by atoms with van der Waals surface area (Å²) in [6, 6.07) is 12.4. The first kappa shape index (κ1) is 25.7. The van der Waals surface area contributed by atoms with Crippen molar-refractivity contribution >= 4 is 29.5 Å². The van der Waals surface area contributed by atoms with E-state index < -0.39 is 35.2 Å². The molecule has 2 aromatic rings. The van der Waals surface area contributed by atoms with Crippen LogP contribution in [0.5, 0.6) is 0 Å². The van der Waals surface area contributed by atoms with Gasteiger partial charge in [0.2, 0.25) is 5.91 Å². The zero-order valence-electron chi connectivity index (χ0n) is 19.5. The summed E-state index contributed by atoms with van der Waals surface area (Å²) in [5.74, 6) is -1.41. The third-order valence-corrected chi connectivity index (χ3v) is 5.65. The summed E-state index contributed by atoms with van der Waals surface area (Å²) in [5, 5.41) is 20.2. The van der Waals surface area contributed by atoms with Crippen LogP contribution in [0.2, 0.25) is 5.02 Å². The molecule has 1 aliphatic heterocycles. The quantitative estimate of drug-likeness (QED) is 0.497. The van der Waals surface area contributed by atoms with Gasteiger partial charge in [0.25, 0.3) is 5.91 Å². The first-order chi connectivity index (χ1) is 16.0. The highest BCUT2D eigenvalue weighted by atomic mass is 35.5. The van der Waals surface area contributed by atoms with E-state index in [0.717, 1.165) is 6.42 Å². The maximum Gasteiger partial charge on any atom is 0.407 e. The normalized spacial score (nSPS) is 17.5. The van der Waals surface area contributed by atoms with Crippen molar-refractivity contribution in [1.82, 2.24) is 16.0 Å². The summed E-state index contributed by atoms with van der Waals surface area (Å²) >= 11 is 6.24. The Morgan fingerprint density at radius 3 is 2.47 bits per heavy atom. The lowest BCUT2D eigenvalue weighted by Crippen LogP contribution is -2.52. The molecule has 2 atom stereocenters. The van der Waals surface area contributed by atoms with Crippen LogP contribution < -0.4 is 16.0 Å². The Kier molecular flexibility index (Phi) is 7.97. The molecule has 182 valence electrons. The highest BCUT2D eigenvalue weighted by molar-refractivity contribution is 6.30. The molecule has 2 aromatic carbocycles. The maximum atomic E-state index is 13.5. The lowest BCUT2D eigenvalue weighted by Gasteiger charge is -2.30. The van der Waals surface area contributed by atoms with Gasteiger partial charge in [-0.2, -0.15) is 0 Å². The number of alkyl carbamates (subject to hydrolysis) is 1. The van der Waals surface area contributed by atoms with Gasteiger partial charge in [0.05, 0.1) is 6.04 Å². The Labute approximate surface area is 204 Å². The number of benzene rings is 2. The highest BCUT2D eigenvalue weighted by Crippen LogP contribution is 2.34. The van der Waals surface area contributed by atoms with Gasteiger partial charge in [0, 0.05) is 17.1 Å². The summed E-state index contributed by atoms with van der Waals surface area (Å²) in [4.78, 5) is 38.3. The van der Waals surface area contributed by atoms with Crippen LogP contribution in [0.1, 0.15) is 50.3 Å². The zero-order valence-corrected chi connectivity index (χ0v) is 20.2. The minimum absolute atomic E-state index is 0.0397. The van der Waals surface area contributed by atoms with Crippen molar-refractivity contribution in [3.05, 3.63) is 70.2 Å². The molecule has 0 bridgehead atoms. The van der Waals surface area contributed by atoms with Gasteiger partial charge in [-0.1, -0.05) is 48.0 Å². The van der Waals surface area contributed by atoms with Gasteiger partial charge in [0.1, 0.15) is 5.60 Å². The second kappa shape index (κ2) is 10.5. The molecule has 1 heterocycles. The number of imide groups is 1. The molecule has 1 fully saturated rings. The largest absolute Gasteiger partial charge is 0.444 e. The molecular formula is C25H30ClN3O5. The van der Waals surface area contributed by atoms with E-state index in [1.807, 2.05) is 0 Å². The van der Waals surface area contributed by atoms with Crippen LogP contribution in [0, 0.1) is 0 Å². The molecule has 4 N–H and O–H groups in total. The number of aliphatic hydroxyl groups is 1. The fourth-order valence-electron chi connectivity index (χ4n) is 3.81. The monoisotopic (exact) mass is 487 g/mol. The maximum absolute atomic E-state index is 13.5. The van der Waals surface area contributed by atoms with E-state index in [1.54, 1.807) is 63.2 Å². The van der Waals surface area contributed by atoms with Crippen LogP contribution in [0.25, 0.3) is 0 Å². The van der Waals surface area contributed by atoms with E-state index in [9.17, 15) is 19.5 Å². The van der Waals surface area contributed by atoms with E-state index in [4.69, 9.17) is 16.3 Å². The van der Waals surface area contributed by atoms with Crippen molar-refractivity contribution < 1.29 is 24.2 Å². The number of carbonyl (C=O) groups excluding carboxylic acids is 3. The molecule has 1 aliphatic rings. The highest BCUT2D eigenvalue weighted by Gasteiger charge is 2.43. The van der Waals surface area contributed by atoms with E-state index in [0.29, 0.717) is 18.5 Å². The molecule has 0 radical (unpaired) electrons. The van der Waals surface area contributed by atoms with E-state index in [-0.39, 0.29) is 22.7 Å². The number of rotatable bonds is 6. The Hall–Kier alpha value is -2.94. The second-order valence-electron chi connectivity index (χ2n) is 9.20. The van der Waals surface area contributed by atoms with Gasteiger partial charge >= 0.3 is 6.09 Å². The molecule has 3 rings (SSSR count). The van der Waals surface area contributed by atoms with Crippen molar-refractivity contribution in [1.29, 1.82) is 0 Å². The average Bonchev–Trinajstić information content (AvgIpc) is 3.32. The van der Waals surface area contributed by atoms with Crippen LogP contribution in [0.4, 0.5) is 4.79 Å². The number of carbonyl (C=O) groups is 3. The van der Waals surface area contributed by atoms with Gasteiger partial charge in [-0.15, -0.1) is 0 Å². The van der Waals surface area contributed by atoms with Crippen LogP contribution in [0.15, 0.2) is 48.5 Å². The first-order valence-electron chi connectivity index (χ1n) is 11.1. The van der Waals surface area contributed by atoms with E-state index in [2.05, 4.69) is 16.0 Å². The topological polar surface area (TPSA) is 117 Å². The molecule has 8 nitrogen and oxygen atoms in total. The minimum atomic E-state index is -2.24. The first-order valence-corrected chi connectivity index (χ1v) is 11.5. The smallest absolute Gasteiger partial charge is 0.407 e. The van der Waals surface area contributed by atoms with Gasteiger partial charge < -0.3 is 20.5 Å². The van der Waals surface area contributed by atoms with Crippen LogP contribution >= 0.6 is 11.6 Å². The van der Waals surface area contributed by atoms with Crippen molar-refractivity contribution in [2.75, 3.05) is 6.54 Å². The van der Waals surface area contributed by atoms with Gasteiger partial charge in [0.15, 0.2) is 5.60 Å². The number of hydrogen-bond acceptors (Lipinski definition) is 6. The number of halogens is 1. The van der Waals surface area contributed by atoms with Gasteiger partial charge in [-0.05, 0) is 63.4 Å². The molecule has 34 heavy (non-hydrogen) atoms. The predicted molar refractivity (Wildman–Crippen MR) is 128 cm³/mol. The standard InChI is InChI=1S/C25H30ClN3O5/c1-24(2,3)34-23(32)28-15-16-11-12-18(26)14-19(16)25(33,17-8-5-4-6-9-17)22(31)29-21(30)20-10-7-13-27-20/h4-6,8-9,11-12,14,20,27,33H,7,10,13,15H2,1-3H3,(H,28,32)(H,29,30,31)/t20-,25?/m0/s1. The summed E-state index contributed by atoms with van der Waals surface area (Å²) in [6.45, 7) is 5.88. The number of ether oxygens (including phenoxy) is 1. The summed E-state index contributed by atoms with van der Waals surface area (Å²) < 4.78 is 5.28. The van der Waals surface area contributed by atoms with Crippen molar-refractivity contribution in [2.24, 2.45) is 0 Å². The van der Waals surface area contributed by atoms with Crippen LogP contribution in [0.3, 0.4) is 0 Å². The molecule has 0 aliphatic carbocycles.